The molecule has 0 fully saturated rings. The molecule has 1 aromatic rings. The Hall–Kier alpha value is -2.17. The van der Waals surface area contributed by atoms with Crippen molar-refractivity contribution >= 4 is 18.0 Å². The molecule has 0 bridgehead atoms. The molecule has 5 nitrogen and oxygen atoms in total. The van der Waals surface area contributed by atoms with Crippen molar-refractivity contribution in [2.24, 2.45) is 11.3 Å². The van der Waals surface area contributed by atoms with Gasteiger partial charge in [-0.1, -0.05) is 33.8 Å². The second kappa shape index (κ2) is 7.02. The van der Waals surface area contributed by atoms with Crippen LogP contribution in [0, 0.1) is 11.3 Å². The van der Waals surface area contributed by atoms with Crippen LogP contribution in [0.15, 0.2) is 24.4 Å². The van der Waals surface area contributed by atoms with Crippen LogP contribution < -0.4 is 5.32 Å². The maximum atomic E-state index is 12.0. The summed E-state index contributed by atoms with van der Waals surface area (Å²) in [7, 11) is 0. The number of nitrogens with zero attached hydrogens (tertiary/aromatic N) is 1. The highest BCUT2D eigenvalue weighted by atomic mass is 16.4. The van der Waals surface area contributed by atoms with Crippen LogP contribution in [-0.4, -0.2) is 28.5 Å². The molecule has 0 atom stereocenters. The lowest BCUT2D eigenvalue weighted by Gasteiger charge is -2.29. The fourth-order valence-corrected chi connectivity index (χ4v) is 1.41. The van der Waals surface area contributed by atoms with E-state index in [1.807, 2.05) is 0 Å². The molecule has 0 radical (unpaired) electrons. The first-order valence-electron chi connectivity index (χ1n) is 6.87. The number of pyridine rings is 1. The lowest BCUT2D eigenvalue weighted by Crippen LogP contribution is -2.37. The predicted molar refractivity (Wildman–Crippen MR) is 81.9 cm³/mol. The molecule has 0 aromatic carbocycles. The standard InChI is InChI=1S/C16H22N2O3/c1-11(2)16(3,4)10-18-15(21)13-7-5-12(9-17-13)6-8-14(19)20/h5-9,11H,10H2,1-4H3,(H,18,21)(H,19,20)/b8-6+. The molecule has 2 N–H and O–H groups in total. The van der Waals surface area contributed by atoms with E-state index in [1.165, 1.54) is 12.3 Å². The Morgan fingerprint density at radius 2 is 2.05 bits per heavy atom. The zero-order valence-corrected chi connectivity index (χ0v) is 12.9. The monoisotopic (exact) mass is 290 g/mol. The van der Waals surface area contributed by atoms with Gasteiger partial charge in [0.15, 0.2) is 0 Å². The van der Waals surface area contributed by atoms with Crippen molar-refractivity contribution < 1.29 is 14.7 Å². The molecule has 0 aliphatic carbocycles. The Labute approximate surface area is 125 Å². The average Bonchev–Trinajstić information content (AvgIpc) is 2.43. The molecule has 0 spiro atoms. The number of hydrogen-bond acceptors (Lipinski definition) is 3. The van der Waals surface area contributed by atoms with Crippen molar-refractivity contribution in [1.29, 1.82) is 0 Å². The smallest absolute Gasteiger partial charge is 0.328 e. The highest BCUT2D eigenvalue weighted by Gasteiger charge is 2.23. The largest absolute Gasteiger partial charge is 0.478 e. The number of carboxylic acids is 1. The van der Waals surface area contributed by atoms with Gasteiger partial charge in [0.1, 0.15) is 5.69 Å². The molecule has 1 amide bonds. The van der Waals surface area contributed by atoms with E-state index in [0.29, 0.717) is 23.7 Å². The van der Waals surface area contributed by atoms with Crippen molar-refractivity contribution in [3.63, 3.8) is 0 Å². The minimum atomic E-state index is -1.02. The number of carbonyl (C=O) groups is 2. The van der Waals surface area contributed by atoms with E-state index in [9.17, 15) is 9.59 Å². The van der Waals surface area contributed by atoms with E-state index < -0.39 is 5.97 Å². The maximum absolute atomic E-state index is 12.0. The molecule has 1 aromatic heterocycles. The van der Waals surface area contributed by atoms with Crippen LogP contribution in [0.25, 0.3) is 6.08 Å². The lowest BCUT2D eigenvalue weighted by atomic mass is 9.81. The van der Waals surface area contributed by atoms with Gasteiger partial charge in [-0.15, -0.1) is 0 Å². The number of aromatic nitrogens is 1. The molecule has 0 aliphatic heterocycles. The Kier molecular flexibility index (Phi) is 5.64. The van der Waals surface area contributed by atoms with E-state index in [2.05, 4.69) is 38.0 Å². The molecular weight excluding hydrogens is 268 g/mol. The number of carboxylic acid groups (broad SMARTS) is 1. The number of aliphatic carboxylic acids is 1. The molecule has 5 heteroatoms. The highest BCUT2D eigenvalue weighted by Crippen LogP contribution is 2.24. The number of carbonyl (C=O) groups excluding carboxylic acids is 1. The van der Waals surface area contributed by atoms with Gasteiger partial charge in [-0.25, -0.2) is 4.79 Å². The molecular formula is C16H22N2O3. The van der Waals surface area contributed by atoms with Crippen molar-refractivity contribution in [1.82, 2.24) is 10.3 Å². The summed E-state index contributed by atoms with van der Waals surface area (Å²) < 4.78 is 0. The van der Waals surface area contributed by atoms with Gasteiger partial charge < -0.3 is 10.4 Å². The Morgan fingerprint density at radius 1 is 1.38 bits per heavy atom. The van der Waals surface area contributed by atoms with Gasteiger partial charge in [-0.2, -0.15) is 0 Å². The molecule has 114 valence electrons. The Bertz CT molecular complexity index is 531. The first-order chi connectivity index (χ1) is 9.72. The first-order valence-corrected chi connectivity index (χ1v) is 6.87. The van der Waals surface area contributed by atoms with Gasteiger partial charge in [0.25, 0.3) is 5.91 Å². The quantitative estimate of drug-likeness (QED) is 0.789. The van der Waals surface area contributed by atoms with Gasteiger partial charge in [0.2, 0.25) is 0 Å². The van der Waals surface area contributed by atoms with E-state index in [-0.39, 0.29) is 11.3 Å². The van der Waals surface area contributed by atoms with Crippen LogP contribution in [0.2, 0.25) is 0 Å². The van der Waals surface area contributed by atoms with Gasteiger partial charge in [-0.3, -0.25) is 9.78 Å². The van der Waals surface area contributed by atoms with Gasteiger partial charge >= 0.3 is 5.97 Å². The molecule has 0 saturated carbocycles. The third-order valence-electron chi connectivity index (χ3n) is 3.70. The van der Waals surface area contributed by atoms with Crippen molar-refractivity contribution in [2.45, 2.75) is 27.7 Å². The summed E-state index contributed by atoms with van der Waals surface area (Å²) in [6.45, 7) is 9.02. The highest BCUT2D eigenvalue weighted by molar-refractivity contribution is 5.92. The molecule has 21 heavy (non-hydrogen) atoms. The fraction of sp³-hybridized carbons (Fsp3) is 0.438. The summed E-state index contributed by atoms with van der Waals surface area (Å²) in [6, 6.07) is 3.24. The molecule has 0 aliphatic rings. The third kappa shape index (κ3) is 5.38. The lowest BCUT2D eigenvalue weighted by molar-refractivity contribution is -0.131. The van der Waals surface area contributed by atoms with Gasteiger partial charge in [0.05, 0.1) is 0 Å². The minimum absolute atomic E-state index is 0.0137. The number of hydrogen-bond donors (Lipinski definition) is 2. The van der Waals surface area contributed by atoms with Crippen molar-refractivity contribution in [3.8, 4) is 0 Å². The van der Waals surface area contributed by atoms with Crippen molar-refractivity contribution in [3.05, 3.63) is 35.7 Å². The fourth-order valence-electron chi connectivity index (χ4n) is 1.41. The van der Waals surface area contributed by atoms with E-state index in [0.717, 1.165) is 6.08 Å². The molecule has 1 heterocycles. The molecule has 0 unspecified atom stereocenters. The zero-order chi connectivity index (χ0) is 16.0. The van der Waals surface area contributed by atoms with Gasteiger partial charge in [0, 0.05) is 18.8 Å². The predicted octanol–water partition coefficient (Wildman–Crippen LogP) is 2.59. The average molecular weight is 290 g/mol. The summed E-state index contributed by atoms with van der Waals surface area (Å²) in [5.74, 6) is -0.792. The second-order valence-electron chi connectivity index (χ2n) is 5.97. The SMILES string of the molecule is CC(C)C(C)(C)CNC(=O)c1ccc(/C=C/C(=O)O)cn1. The topological polar surface area (TPSA) is 79.3 Å². The summed E-state index contributed by atoms with van der Waals surface area (Å²) in [4.78, 5) is 26.5. The number of nitrogens with one attached hydrogen (secondary N) is 1. The van der Waals surface area contributed by atoms with E-state index in [1.54, 1.807) is 12.1 Å². The Morgan fingerprint density at radius 3 is 2.52 bits per heavy atom. The normalized spacial score (nSPS) is 11.9. The van der Waals surface area contributed by atoms with Crippen LogP contribution >= 0.6 is 0 Å². The van der Waals surface area contributed by atoms with E-state index >= 15 is 0 Å². The van der Waals surface area contributed by atoms with Crippen LogP contribution in [0.5, 0.6) is 0 Å². The van der Waals surface area contributed by atoms with Crippen LogP contribution in [0.3, 0.4) is 0 Å². The van der Waals surface area contributed by atoms with Crippen molar-refractivity contribution in [2.75, 3.05) is 6.54 Å². The maximum Gasteiger partial charge on any atom is 0.328 e. The third-order valence-corrected chi connectivity index (χ3v) is 3.70. The minimum Gasteiger partial charge on any atom is -0.478 e. The summed E-state index contributed by atoms with van der Waals surface area (Å²) in [6.07, 6.45) is 3.93. The molecule has 0 saturated heterocycles. The zero-order valence-electron chi connectivity index (χ0n) is 12.9. The summed E-state index contributed by atoms with van der Waals surface area (Å²) >= 11 is 0. The first kappa shape index (κ1) is 16.9. The van der Waals surface area contributed by atoms with E-state index in [4.69, 9.17) is 5.11 Å². The van der Waals surface area contributed by atoms with Crippen LogP contribution in [0.1, 0.15) is 43.7 Å². The molecule has 1 rings (SSSR count). The van der Waals surface area contributed by atoms with Gasteiger partial charge in [-0.05, 0) is 29.0 Å². The van der Waals surface area contributed by atoms with Crippen LogP contribution in [-0.2, 0) is 4.79 Å². The Balaban J connectivity index is 2.66. The summed E-state index contributed by atoms with van der Waals surface area (Å²) in [5, 5.41) is 11.4. The number of rotatable bonds is 6. The second-order valence-corrected chi connectivity index (χ2v) is 5.97. The van der Waals surface area contributed by atoms with Crippen LogP contribution in [0.4, 0.5) is 0 Å². The summed E-state index contributed by atoms with van der Waals surface area (Å²) in [5.41, 5.74) is 0.971. The number of amides is 1.